The van der Waals surface area contributed by atoms with Crippen LogP contribution in [0.4, 0.5) is 13.2 Å². The molecule has 6 heteroatoms. The first-order valence-corrected chi connectivity index (χ1v) is 9.77. The summed E-state index contributed by atoms with van der Waals surface area (Å²) in [5, 5.41) is 3.32. The van der Waals surface area contributed by atoms with Crippen LogP contribution in [0.5, 0.6) is 0 Å². The summed E-state index contributed by atoms with van der Waals surface area (Å²) in [6.07, 6.45) is 3.23. The van der Waals surface area contributed by atoms with E-state index >= 15 is 0 Å². The fraction of sp³-hybridized carbons (Fsp3) is 0.667. The van der Waals surface area contributed by atoms with Gasteiger partial charge in [-0.05, 0) is 79.4 Å². The number of nitrogens with one attached hydrogen (secondary N) is 1. The van der Waals surface area contributed by atoms with E-state index < -0.39 is 17.7 Å². The normalized spacial score (nSPS) is 31.9. The van der Waals surface area contributed by atoms with Crippen LogP contribution in [0.1, 0.15) is 60.0 Å². The van der Waals surface area contributed by atoms with Gasteiger partial charge in [-0.25, -0.2) is 4.79 Å². The maximum Gasteiger partial charge on any atom is 0.416 e. The molecule has 0 spiro atoms. The molecule has 3 nitrogen and oxygen atoms in total. The molecule has 5 rings (SSSR count). The van der Waals surface area contributed by atoms with Gasteiger partial charge in [0.15, 0.2) is 0 Å². The van der Waals surface area contributed by atoms with Gasteiger partial charge in [-0.3, -0.25) is 0 Å². The van der Waals surface area contributed by atoms with Crippen molar-refractivity contribution in [3.05, 3.63) is 34.9 Å². The SMILES string of the molecule is COC(=O)c1ccc(CNCC23CC4CC(CC(C4)C2)C3)c(C(F)(F)F)c1. The number of hydrogen-bond donors (Lipinski definition) is 1. The van der Waals surface area contributed by atoms with Crippen molar-refractivity contribution in [2.75, 3.05) is 13.7 Å². The van der Waals surface area contributed by atoms with Crippen molar-refractivity contribution in [2.24, 2.45) is 23.2 Å². The Balaban J connectivity index is 1.46. The first-order valence-electron chi connectivity index (χ1n) is 9.77. The summed E-state index contributed by atoms with van der Waals surface area (Å²) in [5.41, 5.74) is -0.378. The van der Waals surface area contributed by atoms with Gasteiger partial charge in [-0.2, -0.15) is 13.2 Å². The summed E-state index contributed by atoms with van der Waals surface area (Å²) in [6.45, 7) is 0.949. The molecule has 1 aromatic carbocycles. The zero-order chi connectivity index (χ0) is 19.2. The van der Waals surface area contributed by atoms with Crippen LogP contribution in [0.25, 0.3) is 0 Å². The van der Waals surface area contributed by atoms with Crippen molar-refractivity contribution in [2.45, 2.75) is 51.2 Å². The molecule has 148 valence electrons. The minimum Gasteiger partial charge on any atom is -0.465 e. The molecule has 0 aromatic heterocycles. The number of carbonyl (C=O) groups is 1. The Labute approximate surface area is 157 Å². The van der Waals surface area contributed by atoms with Gasteiger partial charge in [0, 0.05) is 13.1 Å². The molecule has 0 saturated heterocycles. The number of alkyl halides is 3. The molecular weight excluding hydrogens is 355 g/mol. The highest BCUT2D eigenvalue weighted by Crippen LogP contribution is 2.59. The van der Waals surface area contributed by atoms with Crippen LogP contribution in [-0.4, -0.2) is 19.6 Å². The van der Waals surface area contributed by atoms with Gasteiger partial charge in [0.1, 0.15) is 0 Å². The molecule has 0 radical (unpaired) electrons. The lowest BCUT2D eigenvalue weighted by molar-refractivity contribution is -0.138. The molecule has 4 aliphatic rings. The molecule has 4 fully saturated rings. The largest absolute Gasteiger partial charge is 0.465 e. The lowest BCUT2D eigenvalue weighted by Crippen LogP contribution is -2.50. The molecule has 27 heavy (non-hydrogen) atoms. The van der Waals surface area contributed by atoms with Crippen molar-refractivity contribution in [1.82, 2.24) is 5.32 Å². The minimum atomic E-state index is -4.50. The first-order chi connectivity index (χ1) is 12.8. The van der Waals surface area contributed by atoms with Crippen molar-refractivity contribution in [3.8, 4) is 0 Å². The van der Waals surface area contributed by atoms with E-state index in [9.17, 15) is 18.0 Å². The zero-order valence-electron chi connectivity index (χ0n) is 15.6. The third-order valence-electron chi connectivity index (χ3n) is 6.82. The van der Waals surface area contributed by atoms with E-state index in [1.54, 1.807) is 0 Å². The second-order valence-corrected chi connectivity index (χ2v) is 8.88. The quantitative estimate of drug-likeness (QED) is 0.745. The lowest BCUT2D eigenvalue weighted by Gasteiger charge is -2.57. The van der Waals surface area contributed by atoms with Gasteiger partial charge in [-0.15, -0.1) is 0 Å². The maximum absolute atomic E-state index is 13.5. The van der Waals surface area contributed by atoms with Crippen molar-refractivity contribution in [1.29, 1.82) is 0 Å². The number of halogens is 3. The summed E-state index contributed by atoms with van der Waals surface area (Å²) in [6, 6.07) is 3.69. The smallest absolute Gasteiger partial charge is 0.416 e. The Bertz CT molecular complexity index is 693. The Morgan fingerprint density at radius 2 is 1.74 bits per heavy atom. The maximum atomic E-state index is 13.5. The van der Waals surface area contributed by atoms with Gasteiger partial charge in [-0.1, -0.05) is 6.07 Å². The van der Waals surface area contributed by atoms with Crippen LogP contribution in [0, 0.1) is 23.2 Å². The second kappa shape index (κ2) is 6.80. The molecule has 4 bridgehead atoms. The number of methoxy groups -OCH3 is 1. The van der Waals surface area contributed by atoms with Crippen LogP contribution in [0.2, 0.25) is 0 Å². The third-order valence-corrected chi connectivity index (χ3v) is 6.82. The van der Waals surface area contributed by atoms with Gasteiger partial charge in [0.05, 0.1) is 18.2 Å². The van der Waals surface area contributed by atoms with Gasteiger partial charge >= 0.3 is 12.1 Å². The van der Waals surface area contributed by atoms with E-state index in [0.717, 1.165) is 37.5 Å². The van der Waals surface area contributed by atoms with Gasteiger partial charge < -0.3 is 10.1 Å². The molecule has 0 atom stereocenters. The Kier molecular flexibility index (Phi) is 4.73. The summed E-state index contributed by atoms with van der Waals surface area (Å²) in [4.78, 5) is 11.6. The first kappa shape index (κ1) is 18.8. The van der Waals surface area contributed by atoms with Crippen LogP contribution in [0.15, 0.2) is 18.2 Å². The monoisotopic (exact) mass is 381 g/mol. The summed E-state index contributed by atoms with van der Waals surface area (Å²) in [5.74, 6) is 1.71. The number of hydrogen-bond acceptors (Lipinski definition) is 3. The topological polar surface area (TPSA) is 38.3 Å². The third kappa shape index (κ3) is 3.73. The predicted octanol–water partition coefficient (Wildman–Crippen LogP) is 4.80. The lowest BCUT2D eigenvalue weighted by atomic mass is 9.49. The highest BCUT2D eigenvalue weighted by atomic mass is 19.4. The number of carbonyl (C=O) groups excluding carboxylic acids is 1. The molecule has 4 aliphatic carbocycles. The number of esters is 1. The summed E-state index contributed by atoms with van der Waals surface area (Å²) in [7, 11) is 1.16. The van der Waals surface area contributed by atoms with E-state index in [-0.39, 0.29) is 23.1 Å². The average molecular weight is 381 g/mol. The van der Waals surface area contributed by atoms with Crippen LogP contribution < -0.4 is 5.32 Å². The molecule has 1 N–H and O–H groups in total. The average Bonchev–Trinajstić information content (AvgIpc) is 2.59. The number of ether oxygens (including phenoxy) is 1. The molecule has 0 heterocycles. The molecule has 4 saturated carbocycles. The minimum absolute atomic E-state index is 0.0744. The fourth-order valence-corrected chi connectivity index (χ4v) is 6.21. The number of benzene rings is 1. The molecular formula is C21H26F3NO2. The van der Waals surface area contributed by atoms with Crippen molar-refractivity contribution < 1.29 is 22.7 Å². The summed E-state index contributed by atoms with van der Waals surface area (Å²) < 4.78 is 44.9. The van der Waals surface area contributed by atoms with Crippen molar-refractivity contribution >= 4 is 5.97 Å². The Morgan fingerprint density at radius 1 is 1.15 bits per heavy atom. The van der Waals surface area contributed by atoms with Gasteiger partial charge in [0.25, 0.3) is 0 Å². The van der Waals surface area contributed by atoms with Crippen LogP contribution in [0.3, 0.4) is 0 Å². The molecule has 0 amide bonds. The second-order valence-electron chi connectivity index (χ2n) is 8.88. The van der Waals surface area contributed by atoms with E-state index in [1.807, 2.05) is 0 Å². The predicted molar refractivity (Wildman–Crippen MR) is 95.1 cm³/mol. The highest BCUT2D eigenvalue weighted by Gasteiger charge is 2.50. The molecule has 0 unspecified atom stereocenters. The Hall–Kier alpha value is -1.56. The van der Waals surface area contributed by atoms with E-state index in [0.29, 0.717) is 0 Å². The van der Waals surface area contributed by atoms with Gasteiger partial charge in [0.2, 0.25) is 0 Å². The highest BCUT2D eigenvalue weighted by molar-refractivity contribution is 5.89. The van der Waals surface area contributed by atoms with Crippen LogP contribution in [-0.2, 0) is 17.5 Å². The standard InChI is InChI=1S/C21H26F3NO2/c1-27-19(26)16-2-3-17(18(7-16)21(22,23)24)11-25-12-20-8-13-4-14(9-20)6-15(5-13)10-20/h2-3,7,13-15,25H,4-6,8-12H2,1H3. The number of rotatable bonds is 5. The van der Waals surface area contributed by atoms with E-state index in [4.69, 9.17) is 0 Å². The molecule has 1 aromatic rings. The zero-order valence-corrected chi connectivity index (χ0v) is 15.6. The Morgan fingerprint density at radius 3 is 2.26 bits per heavy atom. The fourth-order valence-electron chi connectivity index (χ4n) is 6.21. The van der Waals surface area contributed by atoms with E-state index in [1.165, 1.54) is 50.7 Å². The van der Waals surface area contributed by atoms with Crippen LogP contribution >= 0.6 is 0 Å². The molecule has 0 aliphatic heterocycles. The summed E-state index contributed by atoms with van der Waals surface area (Å²) >= 11 is 0. The van der Waals surface area contributed by atoms with E-state index in [2.05, 4.69) is 10.1 Å². The van der Waals surface area contributed by atoms with Crippen molar-refractivity contribution in [3.63, 3.8) is 0 Å².